The molecule has 0 bridgehead atoms. The molecule has 16 heteroatoms. The van der Waals surface area contributed by atoms with Crippen molar-refractivity contribution in [3.63, 3.8) is 0 Å². The first-order valence-electron chi connectivity index (χ1n) is 10.0. The van der Waals surface area contributed by atoms with Gasteiger partial charge in [0.15, 0.2) is 11.5 Å². The fourth-order valence-electron chi connectivity index (χ4n) is 3.04. The highest BCUT2D eigenvalue weighted by atomic mass is 32.2. The van der Waals surface area contributed by atoms with E-state index >= 15 is 0 Å². The van der Waals surface area contributed by atoms with Crippen LogP contribution in [0.5, 0.6) is 11.5 Å². The number of hydrogen-bond donors (Lipinski definition) is 3. The Morgan fingerprint density at radius 3 is 2.11 bits per heavy atom. The number of benzene rings is 1. The smallest absolute Gasteiger partial charge is 0.261 e. The van der Waals surface area contributed by atoms with Gasteiger partial charge < -0.3 is 25.2 Å². The third kappa shape index (κ3) is 12.5. The molecule has 0 atom stereocenters. The van der Waals surface area contributed by atoms with Crippen molar-refractivity contribution < 1.29 is 40.9 Å². The second-order valence-corrected chi connectivity index (χ2v) is 10.3. The summed E-state index contributed by atoms with van der Waals surface area (Å²) in [5.74, 6) is 3.33. The van der Waals surface area contributed by atoms with Crippen LogP contribution < -0.4 is 19.7 Å². The van der Waals surface area contributed by atoms with E-state index in [0.29, 0.717) is 19.3 Å². The Hall–Kier alpha value is -2.76. The predicted molar refractivity (Wildman–Crippen MR) is 130 cm³/mol. The third-order valence-electron chi connectivity index (χ3n) is 4.40. The fraction of sp³-hybridized carbons (Fsp3) is 0.474. The van der Waals surface area contributed by atoms with Gasteiger partial charge in [-0.1, -0.05) is 6.07 Å². The molecule has 1 fully saturated rings. The molecule has 1 saturated heterocycles. The summed E-state index contributed by atoms with van der Waals surface area (Å²) in [7, 11) is -5.46. The van der Waals surface area contributed by atoms with Crippen LogP contribution in [0, 0.1) is 0 Å². The van der Waals surface area contributed by atoms with E-state index < -0.39 is 20.2 Å². The topological polar surface area (TPSA) is 203 Å². The van der Waals surface area contributed by atoms with E-state index in [0.717, 1.165) is 56.0 Å². The molecule has 2 aliphatic heterocycles. The van der Waals surface area contributed by atoms with E-state index in [1.165, 1.54) is 5.56 Å². The molecule has 0 spiro atoms. The van der Waals surface area contributed by atoms with Crippen LogP contribution in [0.4, 0.5) is 11.8 Å². The van der Waals surface area contributed by atoms with Gasteiger partial charge in [0.05, 0.1) is 12.5 Å². The second-order valence-electron chi connectivity index (χ2n) is 7.41. The minimum absolute atomic E-state index is 0. The Bertz CT molecular complexity index is 1110. The van der Waals surface area contributed by atoms with E-state index in [4.69, 9.17) is 18.6 Å². The molecule has 0 unspecified atom stereocenters. The number of nitrogens with zero attached hydrogens (tertiary/aromatic N) is 4. The number of ether oxygens (including phenoxy) is 2. The molecule has 0 aliphatic carbocycles. The Labute approximate surface area is 204 Å². The van der Waals surface area contributed by atoms with Crippen LogP contribution in [0.1, 0.15) is 5.56 Å². The number of fused-ring (bicyclic) bond motifs is 1. The van der Waals surface area contributed by atoms with Gasteiger partial charge >= 0.3 is 0 Å². The number of hydrogen-bond acceptors (Lipinski definition) is 11. The van der Waals surface area contributed by atoms with Gasteiger partial charge in [-0.25, -0.2) is 4.98 Å². The zero-order valence-electron chi connectivity index (χ0n) is 19.6. The lowest BCUT2D eigenvalue weighted by molar-refractivity contribution is 0.174. The predicted octanol–water partition coefficient (Wildman–Crippen LogP) is -0.247. The SMILES string of the molecule is CNc1ccnc(N2CCN(Cc3ccc4c(c3)OCO4)CC2)n1.CS(=O)(=O)O.CS(=O)(=O)O.O. The van der Waals surface area contributed by atoms with E-state index in [9.17, 15) is 16.8 Å². The van der Waals surface area contributed by atoms with Gasteiger partial charge in [0.2, 0.25) is 12.7 Å². The molecular weight excluding hydrogens is 506 g/mol. The lowest BCUT2D eigenvalue weighted by Gasteiger charge is -2.34. The monoisotopic (exact) mass is 537 g/mol. The van der Waals surface area contributed by atoms with Crippen molar-refractivity contribution in [3.05, 3.63) is 36.0 Å². The van der Waals surface area contributed by atoms with Crippen LogP contribution >= 0.6 is 0 Å². The molecule has 4 rings (SSSR count). The van der Waals surface area contributed by atoms with E-state index in [1.807, 2.05) is 19.2 Å². The summed E-state index contributed by atoms with van der Waals surface area (Å²) < 4.78 is 62.6. The maximum atomic E-state index is 9.19. The highest BCUT2D eigenvalue weighted by Crippen LogP contribution is 2.32. The summed E-state index contributed by atoms with van der Waals surface area (Å²) in [5.41, 5.74) is 1.25. The minimum Gasteiger partial charge on any atom is -0.454 e. The van der Waals surface area contributed by atoms with Gasteiger partial charge in [-0.15, -0.1) is 0 Å². The van der Waals surface area contributed by atoms with Crippen molar-refractivity contribution in [2.45, 2.75) is 6.54 Å². The van der Waals surface area contributed by atoms with Crippen molar-refractivity contribution in [1.29, 1.82) is 0 Å². The third-order valence-corrected chi connectivity index (χ3v) is 4.40. The number of nitrogens with one attached hydrogen (secondary N) is 1. The van der Waals surface area contributed by atoms with Crippen LogP contribution in [-0.2, 0) is 26.8 Å². The maximum Gasteiger partial charge on any atom is 0.261 e. The molecule has 1 aromatic carbocycles. The van der Waals surface area contributed by atoms with Crippen LogP contribution in [0.3, 0.4) is 0 Å². The van der Waals surface area contributed by atoms with E-state index in [1.54, 1.807) is 6.20 Å². The average Bonchev–Trinajstić information content (AvgIpc) is 3.20. The Morgan fingerprint density at radius 1 is 0.971 bits per heavy atom. The highest BCUT2D eigenvalue weighted by molar-refractivity contribution is 7.85. The molecule has 14 nitrogen and oxygen atoms in total. The first-order valence-corrected chi connectivity index (χ1v) is 13.7. The Kier molecular flexibility index (Phi) is 11.6. The summed E-state index contributed by atoms with van der Waals surface area (Å²) in [6, 6.07) is 8.05. The molecule has 35 heavy (non-hydrogen) atoms. The number of anilines is 2. The zero-order valence-corrected chi connectivity index (χ0v) is 21.2. The van der Waals surface area contributed by atoms with Crippen molar-refractivity contribution >= 4 is 32.0 Å². The molecule has 0 amide bonds. The first kappa shape index (κ1) is 30.3. The Balaban J connectivity index is 0.000000476. The van der Waals surface area contributed by atoms with Gasteiger partial charge in [-0.05, 0) is 23.8 Å². The van der Waals surface area contributed by atoms with Crippen molar-refractivity contribution in [2.75, 3.05) is 62.7 Å². The fourth-order valence-corrected chi connectivity index (χ4v) is 3.04. The minimum atomic E-state index is -3.67. The van der Waals surface area contributed by atoms with Crippen LogP contribution in [0.15, 0.2) is 30.5 Å². The molecule has 0 radical (unpaired) electrons. The normalized spacial score (nSPS) is 15.1. The maximum absolute atomic E-state index is 9.19. The molecule has 3 heterocycles. The first-order chi connectivity index (χ1) is 15.8. The van der Waals surface area contributed by atoms with Gasteiger partial charge in [0.1, 0.15) is 5.82 Å². The highest BCUT2D eigenvalue weighted by Gasteiger charge is 2.20. The van der Waals surface area contributed by atoms with Crippen LogP contribution in [-0.4, -0.2) is 98.8 Å². The summed E-state index contributed by atoms with van der Waals surface area (Å²) in [6.07, 6.45) is 3.23. The standard InChI is InChI=1S/C17H21N5O2.2CH4O3S.H2O/c1-18-16-4-5-19-17(20-16)22-8-6-21(7-9-22)11-13-2-3-14-15(10-13)24-12-23-14;2*1-5(2,3)4;/h2-5,10H,6-9,11-12H2,1H3,(H,18,19,20);2*1H3,(H,2,3,4);1H2. The van der Waals surface area contributed by atoms with Crippen LogP contribution in [0.25, 0.3) is 0 Å². The quantitative estimate of drug-likeness (QED) is 0.431. The molecule has 198 valence electrons. The zero-order chi connectivity index (χ0) is 25.4. The summed E-state index contributed by atoms with van der Waals surface area (Å²) >= 11 is 0. The molecule has 0 saturated carbocycles. The number of piperazine rings is 1. The van der Waals surface area contributed by atoms with Gasteiger partial charge in [0, 0.05) is 46.0 Å². The lowest BCUT2D eigenvalue weighted by atomic mass is 10.1. The number of aromatic nitrogens is 2. The van der Waals surface area contributed by atoms with Gasteiger partial charge in [-0.2, -0.15) is 21.8 Å². The van der Waals surface area contributed by atoms with Crippen molar-refractivity contribution in [1.82, 2.24) is 14.9 Å². The van der Waals surface area contributed by atoms with Crippen molar-refractivity contribution in [2.24, 2.45) is 0 Å². The van der Waals surface area contributed by atoms with Gasteiger partial charge in [-0.3, -0.25) is 14.0 Å². The second kappa shape index (κ2) is 13.4. The van der Waals surface area contributed by atoms with E-state index in [2.05, 4.69) is 37.2 Å². The molecule has 5 N–H and O–H groups in total. The molecular formula is C19H31N5O9S2. The van der Waals surface area contributed by atoms with Crippen molar-refractivity contribution in [3.8, 4) is 11.5 Å². The molecule has 1 aromatic heterocycles. The number of rotatable bonds is 4. The summed E-state index contributed by atoms with van der Waals surface area (Å²) in [6.45, 7) is 5.07. The molecule has 2 aromatic rings. The lowest BCUT2D eigenvalue weighted by Crippen LogP contribution is -2.46. The van der Waals surface area contributed by atoms with Gasteiger partial charge in [0.25, 0.3) is 20.2 Å². The largest absolute Gasteiger partial charge is 0.454 e. The van der Waals surface area contributed by atoms with E-state index in [-0.39, 0.29) is 5.48 Å². The molecule has 2 aliphatic rings. The summed E-state index contributed by atoms with van der Waals surface area (Å²) in [4.78, 5) is 13.6. The summed E-state index contributed by atoms with van der Waals surface area (Å²) in [5, 5.41) is 3.06. The van der Waals surface area contributed by atoms with Crippen LogP contribution in [0.2, 0.25) is 0 Å². The Morgan fingerprint density at radius 2 is 1.54 bits per heavy atom. The average molecular weight is 538 g/mol.